The van der Waals surface area contributed by atoms with Crippen LogP contribution < -0.4 is 10.6 Å². The molecular formula is C15H21ClN2O2. The molecule has 1 amide bonds. The molecule has 20 heavy (non-hydrogen) atoms. The first-order chi connectivity index (χ1) is 9.06. The number of halogens is 1. The van der Waals surface area contributed by atoms with E-state index in [1.54, 1.807) is 0 Å². The average molecular weight is 297 g/mol. The van der Waals surface area contributed by atoms with Crippen LogP contribution in [0.25, 0.3) is 11.0 Å². The number of likely N-dealkylation sites (N-methyl/N-ethyl adjacent to an activating group) is 1. The van der Waals surface area contributed by atoms with E-state index >= 15 is 0 Å². The molecule has 1 heterocycles. The fourth-order valence-electron chi connectivity index (χ4n) is 2.27. The van der Waals surface area contributed by atoms with Gasteiger partial charge in [0.1, 0.15) is 5.58 Å². The number of hydrogen-bond acceptors (Lipinski definition) is 3. The lowest BCUT2D eigenvalue weighted by molar-refractivity contribution is 0.0928. The molecule has 0 aliphatic carbocycles. The van der Waals surface area contributed by atoms with Crippen LogP contribution in [-0.4, -0.2) is 26.0 Å². The standard InChI is InChI=1S/C15H20N2O2.ClH/c1-9-5-6-10(2)13-12(9)11(3)14(19-13)15(18)17-8-7-16-4;/h5-6,16H,7-8H2,1-4H3,(H,17,18);1H. The van der Waals surface area contributed by atoms with Gasteiger partial charge in [0.2, 0.25) is 0 Å². The van der Waals surface area contributed by atoms with Gasteiger partial charge >= 0.3 is 0 Å². The lowest BCUT2D eigenvalue weighted by atomic mass is 10.0. The van der Waals surface area contributed by atoms with Gasteiger partial charge in [0, 0.05) is 24.0 Å². The van der Waals surface area contributed by atoms with E-state index < -0.39 is 0 Å². The van der Waals surface area contributed by atoms with Gasteiger partial charge in [-0.1, -0.05) is 12.1 Å². The van der Waals surface area contributed by atoms with Gasteiger partial charge in [0.25, 0.3) is 5.91 Å². The van der Waals surface area contributed by atoms with E-state index in [1.165, 1.54) is 0 Å². The summed E-state index contributed by atoms with van der Waals surface area (Å²) in [6, 6.07) is 4.08. The van der Waals surface area contributed by atoms with Crippen molar-refractivity contribution in [3.8, 4) is 0 Å². The maximum atomic E-state index is 12.1. The minimum Gasteiger partial charge on any atom is -0.450 e. The highest BCUT2D eigenvalue weighted by atomic mass is 35.5. The Morgan fingerprint density at radius 3 is 2.40 bits per heavy atom. The molecule has 1 aromatic carbocycles. The zero-order valence-corrected chi connectivity index (χ0v) is 13.1. The summed E-state index contributed by atoms with van der Waals surface area (Å²) in [5, 5.41) is 6.89. The quantitative estimate of drug-likeness (QED) is 0.853. The average Bonchev–Trinajstić information content (AvgIpc) is 2.73. The predicted molar refractivity (Wildman–Crippen MR) is 83.9 cm³/mol. The van der Waals surface area contributed by atoms with Crippen LogP contribution in [0.5, 0.6) is 0 Å². The second-order valence-electron chi connectivity index (χ2n) is 4.82. The van der Waals surface area contributed by atoms with Crippen LogP contribution in [-0.2, 0) is 0 Å². The van der Waals surface area contributed by atoms with Crippen LogP contribution in [0, 0.1) is 20.8 Å². The lowest BCUT2D eigenvalue weighted by Crippen LogP contribution is -2.30. The van der Waals surface area contributed by atoms with Crippen LogP contribution in [0.3, 0.4) is 0 Å². The third kappa shape index (κ3) is 2.97. The number of amides is 1. The molecule has 2 aromatic rings. The summed E-state index contributed by atoms with van der Waals surface area (Å²) in [4.78, 5) is 12.1. The normalized spacial score (nSPS) is 10.4. The van der Waals surface area contributed by atoms with Crippen molar-refractivity contribution in [2.75, 3.05) is 20.1 Å². The van der Waals surface area contributed by atoms with Gasteiger partial charge in [0.05, 0.1) is 0 Å². The van der Waals surface area contributed by atoms with Gasteiger partial charge in [-0.05, 0) is 38.9 Å². The highest BCUT2D eigenvalue weighted by Crippen LogP contribution is 2.30. The van der Waals surface area contributed by atoms with Crippen molar-refractivity contribution in [2.24, 2.45) is 0 Å². The summed E-state index contributed by atoms with van der Waals surface area (Å²) in [5.41, 5.74) is 3.92. The largest absolute Gasteiger partial charge is 0.450 e. The molecule has 0 fully saturated rings. The van der Waals surface area contributed by atoms with Crippen molar-refractivity contribution in [3.05, 3.63) is 34.6 Å². The van der Waals surface area contributed by atoms with Crippen molar-refractivity contribution in [1.82, 2.24) is 10.6 Å². The van der Waals surface area contributed by atoms with Crippen molar-refractivity contribution >= 4 is 29.3 Å². The molecule has 0 saturated carbocycles. The number of aryl methyl sites for hydroxylation is 3. The van der Waals surface area contributed by atoms with E-state index in [2.05, 4.69) is 16.7 Å². The Morgan fingerprint density at radius 1 is 1.15 bits per heavy atom. The van der Waals surface area contributed by atoms with Crippen LogP contribution in [0.4, 0.5) is 0 Å². The fourth-order valence-corrected chi connectivity index (χ4v) is 2.27. The van der Waals surface area contributed by atoms with Crippen LogP contribution in [0.1, 0.15) is 27.2 Å². The first kappa shape index (κ1) is 16.5. The Kier molecular flexibility index (Phi) is 5.60. The Balaban J connectivity index is 0.00000200. The van der Waals surface area contributed by atoms with Crippen molar-refractivity contribution in [2.45, 2.75) is 20.8 Å². The number of hydrogen-bond donors (Lipinski definition) is 2. The van der Waals surface area contributed by atoms with E-state index in [0.29, 0.717) is 12.3 Å². The number of carbonyl (C=O) groups is 1. The van der Waals surface area contributed by atoms with E-state index in [0.717, 1.165) is 34.2 Å². The Hall–Kier alpha value is -1.52. The number of rotatable bonds is 4. The smallest absolute Gasteiger partial charge is 0.287 e. The zero-order valence-electron chi connectivity index (χ0n) is 12.3. The van der Waals surface area contributed by atoms with E-state index in [9.17, 15) is 4.79 Å². The summed E-state index contributed by atoms with van der Waals surface area (Å²) >= 11 is 0. The number of carbonyl (C=O) groups excluding carboxylic acids is 1. The van der Waals surface area contributed by atoms with Gasteiger partial charge in [0.15, 0.2) is 5.76 Å². The van der Waals surface area contributed by atoms with Gasteiger partial charge in [-0.15, -0.1) is 12.4 Å². The SMILES string of the molecule is CNCCNC(=O)c1oc2c(C)ccc(C)c2c1C.Cl. The van der Waals surface area contributed by atoms with E-state index in [4.69, 9.17) is 4.42 Å². The minimum atomic E-state index is -0.150. The molecule has 1 aromatic heterocycles. The van der Waals surface area contributed by atoms with E-state index in [1.807, 2.05) is 33.9 Å². The zero-order chi connectivity index (χ0) is 14.0. The van der Waals surface area contributed by atoms with Gasteiger partial charge in [-0.3, -0.25) is 4.79 Å². The second-order valence-corrected chi connectivity index (χ2v) is 4.82. The molecule has 0 spiro atoms. The molecule has 0 bridgehead atoms. The molecule has 0 atom stereocenters. The third-order valence-electron chi connectivity index (χ3n) is 3.35. The summed E-state index contributed by atoms with van der Waals surface area (Å²) in [6.45, 7) is 7.29. The monoisotopic (exact) mass is 296 g/mol. The molecule has 0 unspecified atom stereocenters. The Labute approximate surface area is 125 Å². The summed E-state index contributed by atoms with van der Waals surface area (Å²) in [6.07, 6.45) is 0. The number of fused-ring (bicyclic) bond motifs is 1. The second kappa shape index (κ2) is 6.77. The maximum Gasteiger partial charge on any atom is 0.287 e. The summed E-state index contributed by atoms with van der Waals surface area (Å²) < 4.78 is 5.77. The molecule has 2 rings (SSSR count). The van der Waals surface area contributed by atoms with Crippen molar-refractivity contribution in [3.63, 3.8) is 0 Å². The molecule has 4 nitrogen and oxygen atoms in total. The third-order valence-corrected chi connectivity index (χ3v) is 3.35. The van der Waals surface area contributed by atoms with Gasteiger partial charge in [-0.25, -0.2) is 0 Å². The first-order valence-corrected chi connectivity index (χ1v) is 6.48. The highest BCUT2D eigenvalue weighted by Gasteiger charge is 2.19. The van der Waals surface area contributed by atoms with Gasteiger partial charge < -0.3 is 15.1 Å². The Bertz CT molecular complexity index is 620. The number of nitrogens with one attached hydrogen (secondary N) is 2. The highest BCUT2D eigenvalue weighted by molar-refractivity contribution is 6.00. The molecule has 0 aliphatic heterocycles. The molecular weight excluding hydrogens is 276 g/mol. The molecule has 2 N–H and O–H groups in total. The van der Waals surface area contributed by atoms with Crippen LogP contribution >= 0.6 is 12.4 Å². The molecule has 0 radical (unpaired) electrons. The lowest BCUT2D eigenvalue weighted by Gasteiger charge is -2.02. The van der Waals surface area contributed by atoms with Crippen molar-refractivity contribution in [1.29, 1.82) is 0 Å². The predicted octanol–water partition coefficient (Wildman–Crippen LogP) is 2.73. The minimum absolute atomic E-state index is 0. The maximum absolute atomic E-state index is 12.1. The van der Waals surface area contributed by atoms with Crippen LogP contribution in [0.15, 0.2) is 16.5 Å². The Morgan fingerprint density at radius 2 is 1.80 bits per heavy atom. The first-order valence-electron chi connectivity index (χ1n) is 6.48. The molecule has 0 saturated heterocycles. The molecule has 110 valence electrons. The summed E-state index contributed by atoms with van der Waals surface area (Å²) in [5.74, 6) is 0.270. The van der Waals surface area contributed by atoms with Gasteiger partial charge in [-0.2, -0.15) is 0 Å². The number of furan rings is 1. The van der Waals surface area contributed by atoms with Crippen molar-refractivity contribution < 1.29 is 9.21 Å². The molecule has 5 heteroatoms. The fraction of sp³-hybridized carbons (Fsp3) is 0.400. The topological polar surface area (TPSA) is 54.3 Å². The van der Waals surface area contributed by atoms with Crippen LogP contribution in [0.2, 0.25) is 0 Å². The molecule has 0 aliphatic rings. The summed E-state index contributed by atoms with van der Waals surface area (Å²) in [7, 11) is 1.85. The number of benzene rings is 1. The van der Waals surface area contributed by atoms with E-state index in [-0.39, 0.29) is 18.3 Å².